The maximum atomic E-state index is 13.2. The molecule has 0 N–H and O–H groups in total. The van der Waals surface area contributed by atoms with E-state index in [-0.39, 0.29) is 29.4 Å². The van der Waals surface area contributed by atoms with Gasteiger partial charge in [-0.15, -0.1) is 0 Å². The molecular formula is C23H23NO5S. The molecule has 6 nitrogen and oxygen atoms in total. The summed E-state index contributed by atoms with van der Waals surface area (Å²) in [5.74, 6) is -0.446. The lowest BCUT2D eigenvalue weighted by molar-refractivity contribution is 0.0472. The smallest absolute Gasteiger partial charge is 0.338 e. The van der Waals surface area contributed by atoms with Crippen LogP contribution in [0, 0.1) is 0 Å². The highest BCUT2D eigenvalue weighted by Gasteiger charge is 2.26. The second-order valence-corrected chi connectivity index (χ2v) is 8.69. The predicted molar refractivity (Wildman–Crippen MR) is 114 cm³/mol. The molecule has 0 saturated carbocycles. The molecule has 0 aliphatic rings. The van der Waals surface area contributed by atoms with Crippen molar-refractivity contribution >= 4 is 16.0 Å². The van der Waals surface area contributed by atoms with Gasteiger partial charge >= 0.3 is 5.97 Å². The van der Waals surface area contributed by atoms with Gasteiger partial charge in [-0.25, -0.2) is 13.2 Å². The van der Waals surface area contributed by atoms with Gasteiger partial charge in [0.1, 0.15) is 17.3 Å². The fraction of sp³-hybridized carbons (Fsp3) is 0.174. The molecule has 0 atom stereocenters. The van der Waals surface area contributed by atoms with Crippen LogP contribution in [0.1, 0.15) is 21.5 Å². The Balaban J connectivity index is 1.83. The number of carbonyl (C=O) groups is 1. The van der Waals surface area contributed by atoms with Crippen molar-refractivity contribution in [1.29, 1.82) is 0 Å². The zero-order valence-electron chi connectivity index (χ0n) is 16.8. The van der Waals surface area contributed by atoms with Crippen molar-refractivity contribution in [1.82, 2.24) is 4.31 Å². The quantitative estimate of drug-likeness (QED) is 0.512. The van der Waals surface area contributed by atoms with Crippen molar-refractivity contribution in [2.24, 2.45) is 0 Å². The number of carbonyl (C=O) groups excluding carboxylic acids is 1. The average Bonchev–Trinajstić information content (AvgIpc) is 2.78. The van der Waals surface area contributed by atoms with Crippen LogP contribution in [-0.2, 0) is 27.9 Å². The van der Waals surface area contributed by atoms with Crippen molar-refractivity contribution in [3.05, 3.63) is 95.6 Å². The van der Waals surface area contributed by atoms with E-state index in [9.17, 15) is 13.2 Å². The van der Waals surface area contributed by atoms with Crippen molar-refractivity contribution in [2.45, 2.75) is 18.0 Å². The van der Waals surface area contributed by atoms with E-state index < -0.39 is 16.0 Å². The largest absolute Gasteiger partial charge is 0.495 e. The van der Waals surface area contributed by atoms with Crippen LogP contribution in [0.25, 0.3) is 0 Å². The van der Waals surface area contributed by atoms with Crippen molar-refractivity contribution in [3.63, 3.8) is 0 Å². The number of esters is 1. The molecule has 0 spiro atoms. The number of rotatable bonds is 8. The van der Waals surface area contributed by atoms with Gasteiger partial charge in [-0.3, -0.25) is 0 Å². The molecule has 3 aromatic rings. The summed E-state index contributed by atoms with van der Waals surface area (Å²) in [5, 5.41) is 0. The molecule has 0 heterocycles. The van der Waals surface area contributed by atoms with E-state index in [1.54, 1.807) is 0 Å². The number of ether oxygens (including phenoxy) is 2. The van der Waals surface area contributed by atoms with Crippen molar-refractivity contribution in [2.75, 3.05) is 14.2 Å². The van der Waals surface area contributed by atoms with Crippen LogP contribution in [0.2, 0.25) is 0 Å². The van der Waals surface area contributed by atoms with Crippen LogP contribution in [0.15, 0.2) is 83.8 Å². The lowest BCUT2D eigenvalue weighted by Gasteiger charge is -2.19. The minimum Gasteiger partial charge on any atom is -0.495 e. The summed E-state index contributed by atoms with van der Waals surface area (Å²) >= 11 is 0. The fourth-order valence-corrected chi connectivity index (χ4v) is 4.24. The normalized spacial score (nSPS) is 11.3. The van der Waals surface area contributed by atoms with E-state index in [1.165, 1.54) is 36.7 Å². The first-order valence-corrected chi connectivity index (χ1v) is 10.7. The zero-order chi connectivity index (χ0) is 21.6. The van der Waals surface area contributed by atoms with Crippen LogP contribution in [0.3, 0.4) is 0 Å². The molecule has 7 heteroatoms. The molecule has 156 valence electrons. The lowest BCUT2D eigenvalue weighted by Crippen LogP contribution is -2.27. The van der Waals surface area contributed by atoms with Crippen LogP contribution < -0.4 is 4.74 Å². The van der Waals surface area contributed by atoms with E-state index in [2.05, 4.69) is 0 Å². The molecule has 0 radical (unpaired) electrons. The van der Waals surface area contributed by atoms with Crippen molar-refractivity contribution in [3.8, 4) is 5.75 Å². The maximum Gasteiger partial charge on any atom is 0.338 e. The summed E-state index contributed by atoms with van der Waals surface area (Å²) in [6, 6.07) is 22.8. The number of benzene rings is 3. The molecule has 0 aromatic heterocycles. The van der Waals surface area contributed by atoms with Gasteiger partial charge in [0.2, 0.25) is 10.0 Å². The second-order valence-electron chi connectivity index (χ2n) is 6.67. The highest BCUT2D eigenvalue weighted by Crippen LogP contribution is 2.28. The maximum absolute atomic E-state index is 13.2. The van der Waals surface area contributed by atoms with Gasteiger partial charge in [-0.1, -0.05) is 60.7 Å². The lowest BCUT2D eigenvalue weighted by atomic mass is 10.2. The number of nitrogens with zero attached hydrogens (tertiary/aromatic N) is 1. The van der Waals surface area contributed by atoms with Crippen molar-refractivity contribution < 1.29 is 22.7 Å². The number of sulfonamides is 1. The van der Waals surface area contributed by atoms with Gasteiger partial charge in [0.25, 0.3) is 0 Å². The molecule has 0 amide bonds. The van der Waals surface area contributed by atoms with E-state index in [0.29, 0.717) is 0 Å². The molecule has 0 unspecified atom stereocenters. The third-order valence-electron chi connectivity index (χ3n) is 4.55. The molecule has 3 rings (SSSR count). The summed E-state index contributed by atoms with van der Waals surface area (Å²) in [4.78, 5) is 12.4. The first kappa shape index (κ1) is 21.5. The summed E-state index contributed by atoms with van der Waals surface area (Å²) < 4.78 is 38.1. The van der Waals surface area contributed by atoms with Gasteiger partial charge in [-0.2, -0.15) is 4.31 Å². The third kappa shape index (κ3) is 5.06. The molecule has 0 fully saturated rings. The third-order valence-corrected chi connectivity index (χ3v) is 6.37. The van der Waals surface area contributed by atoms with E-state index in [1.807, 2.05) is 60.7 Å². The van der Waals surface area contributed by atoms with E-state index in [0.717, 1.165) is 11.1 Å². The summed E-state index contributed by atoms with van der Waals surface area (Å²) in [6.45, 7) is 0.288. The fourth-order valence-electron chi connectivity index (χ4n) is 2.91. The Bertz CT molecular complexity index is 1100. The van der Waals surface area contributed by atoms with Gasteiger partial charge in [0.15, 0.2) is 0 Å². The Hall–Kier alpha value is -3.16. The summed E-state index contributed by atoms with van der Waals surface area (Å²) in [6.07, 6.45) is 0. The molecule has 0 bridgehead atoms. The highest BCUT2D eigenvalue weighted by atomic mass is 32.2. The first-order valence-electron chi connectivity index (χ1n) is 9.31. The van der Waals surface area contributed by atoms with Gasteiger partial charge in [0.05, 0.1) is 12.7 Å². The number of hydrogen-bond donors (Lipinski definition) is 0. The van der Waals surface area contributed by atoms with E-state index >= 15 is 0 Å². The van der Waals surface area contributed by atoms with Gasteiger partial charge in [0, 0.05) is 13.6 Å². The van der Waals surface area contributed by atoms with Gasteiger partial charge < -0.3 is 9.47 Å². The highest BCUT2D eigenvalue weighted by molar-refractivity contribution is 7.89. The van der Waals surface area contributed by atoms with Crippen LogP contribution in [-0.4, -0.2) is 32.8 Å². The van der Waals surface area contributed by atoms with E-state index in [4.69, 9.17) is 9.47 Å². The second kappa shape index (κ2) is 9.56. The summed E-state index contributed by atoms with van der Waals surface area (Å²) in [5.41, 5.74) is 1.83. The molecule has 0 aliphatic carbocycles. The predicted octanol–water partition coefficient (Wildman–Crippen LogP) is 3.87. The zero-order valence-corrected chi connectivity index (χ0v) is 17.6. The molecule has 30 heavy (non-hydrogen) atoms. The monoisotopic (exact) mass is 425 g/mol. The molecular weight excluding hydrogens is 402 g/mol. The standard InChI is InChI=1S/C23H23NO5S/c1-24(16-18-9-5-3-6-10-18)30(26,27)22-15-20(13-14-21(22)28-2)23(25)29-17-19-11-7-4-8-12-19/h3-15H,16-17H2,1-2H3. The average molecular weight is 426 g/mol. The minimum atomic E-state index is -3.90. The Morgan fingerprint density at radius 2 is 1.50 bits per heavy atom. The summed E-state index contributed by atoms with van der Waals surface area (Å²) in [7, 11) is -1.03. The Labute approximate surface area is 176 Å². The number of hydrogen-bond acceptors (Lipinski definition) is 5. The first-order chi connectivity index (χ1) is 14.4. The number of methoxy groups -OCH3 is 1. The minimum absolute atomic E-state index is 0.0856. The molecule has 0 aliphatic heterocycles. The Morgan fingerprint density at radius 3 is 2.10 bits per heavy atom. The topological polar surface area (TPSA) is 72.9 Å². The molecule has 0 saturated heterocycles. The Morgan fingerprint density at radius 1 is 0.900 bits per heavy atom. The Kier molecular flexibility index (Phi) is 6.87. The molecule has 3 aromatic carbocycles. The van der Waals surface area contributed by atoms with Crippen LogP contribution in [0.4, 0.5) is 0 Å². The van der Waals surface area contributed by atoms with Crippen LogP contribution in [0.5, 0.6) is 5.75 Å². The van der Waals surface area contributed by atoms with Gasteiger partial charge in [-0.05, 0) is 29.3 Å². The SMILES string of the molecule is COc1ccc(C(=O)OCc2ccccc2)cc1S(=O)(=O)N(C)Cc1ccccc1. The van der Waals surface area contributed by atoms with Crippen LogP contribution >= 0.6 is 0 Å².